The molecule has 0 aliphatic heterocycles. The number of aromatic nitrogens is 1. The molecule has 1 heterocycles. The zero-order valence-corrected chi connectivity index (χ0v) is 16.8. The number of para-hydroxylation sites is 1. The quantitative estimate of drug-likeness (QED) is 0.330. The van der Waals surface area contributed by atoms with E-state index in [2.05, 4.69) is 4.99 Å². The lowest BCUT2D eigenvalue weighted by atomic mass is 10.2. The van der Waals surface area contributed by atoms with Gasteiger partial charge in [-0.2, -0.15) is 4.99 Å². The van der Waals surface area contributed by atoms with Gasteiger partial charge in [0, 0.05) is 24.2 Å². The molecule has 0 saturated heterocycles. The van der Waals surface area contributed by atoms with Crippen molar-refractivity contribution in [2.24, 2.45) is 4.99 Å². The van der Waals surface area contributed by atoms with Crippen molar-refractivity contribution in [2.45, 2.75) is 13.5 Å². The van der Waals surface area contributed by atoms with Crippen LogP contribution in [0.2, 0.25) is 0 Å². The SMILES string of the molecule is CCn1c(=NC(=O)c2ccc(Oc3ccccc3)cc2)sc2ccc([N+](=O)[O-])cc21. The number of amides is 1. The Morgan fingerprint density at radius 2 is 1.77 bits per heavy atom. The van der Waals surface area contributed by atoms with E-state index in [4.69, 9.17) is 4.74 Å². The standard InChI is InChI=1S/C22H17N3O4S/c1-2-24-19-14-16(25(27)28)10-13-20(19)30-22(24)23-21(26)15-8-11-18(12-9-15)29-17-6-4-3-5-7-17/h3-14H,2H2,1H3. The van der Waals surface area contributed by atoms with E-state index in [0.717, 1.165) is 4.70 Å². The summed E-state index contributed by atoms with van der Waals surface area (Å²) in [6.07, 6.45) is 0. The number of rotatable bonds is 5. The highest BCUT2D eigenvalue weighted by molar-refractivity contribution is 7.16. The van der Waals surface area contributed by atoms with Gasteiger partial charge in [-0.05, 0) is 49.4 Å². The van der Waals surface area contributed by atoms with Crippen LogP contribution in [0.4, 0.5) is 5.69 Å². The highest BCUT2D eigenvalue weighted by Crippen LogP contribution is 2.24. The molecular weight excluding hydrogens is 402 g/mol. The molecule has 7 nitrogen and oxygen atoms in total. The smallest absolute Gasteiger partial charge is 0.279 e. The van der Waals surface area contributed by atoms with Crippen LogP contribution in [0.3, 0.4) is 0 Å². The molecule has 1 amide bonds. The number of hydrogen-bond donors (Lipinski definition) is 0. The van der Waals surface area contributed by atoms with Gasteiger partial charge in [0.15, 0.2) is 4.80 Å². The number of nitro benzene ring substituents is 1. The first kappa shape index (κ1) is 19.5. The molecule has 0 unspecified atom stereocenters. The minimum Gasteiger partial charge on any atom is -0.457 e. The second kappa shape index (κ2) is 8.30. The number of fused-ring (bicyclic) bond motifs is 1. The molecule has 4 rings (SSSR count). The minimum absolute atomic E-state index is 0.00869. The maximum absolute atomic E-state index is 12.7. The van der Waals surface area contributed by atoms with Gasteiger partial charge in [-0.25, -0.2) is 0 Å². The van der Waals surface area contributed by atoms with Crippen LogP contribution in [0.25, 0.3) is 10.2 Å². The topological polar surface area (TPSA) is 86.7 Å². The second-order valence-electron chi connectivity index (χ2n) is 6.39. The zero-order valence-electron chi connectivity index (χ0n) is 16.0. The van der Waals surface area contributed by atoms with E-state index in [0.29, 0.717) is 33.9 Å². The Morgan fingerprint density at radius 3 is 2.43 bits per heavy atom. The summed E-state index contributed by atoms with van der Waals surface area (Å²) in [4.78, 5) is 28.1. The molecule has 0 atom stereocenters. The molecule has 0 radical (unpaired) electrons. The number of carbonyl (C=O) groups excluding carboxylic acids is 1. The van der Waals surface area contributed by atoms with Crippen molar-refractivity contribution in [1.29, 1.82) is 0 Å². The highest BCUT2D eigenvalue weighted by Gasteiger charge is 2.13. The fraction of sp³-hybridized carbons (Fsp3) is 0.0909. The highest BCUT2D eigenvalue weighted by atomic mass is 32.1. The fourth-order valence-electron chi connectivity index (χ4n) is 3.00. The van der Waals surface area contributed by atoms with Gasteiger partial charge in [0.2, 0.25) is 0 Å². The van der Waals surface area contributed by atoms with Crippen LogP contribution in [-0.2, 0) is 6.54 Å². The van der Waals surface area contributed by atoms with Crippen LogP contribution < -0.4 is 9.54 Å². The molecule has 0 fully saturated rings. The Morgan fingerprint density at radius 1 is 1.07 bits per heavy atom. The molecule has 0 spiro atoms. The Bertz CT molecular complexity index is 1290. The second-order valence-corrected chi connectivity index (χ2v) is 7.40. The lowest BCUT2D eigenvalue weighted by Crippen LogP contribution is -2.15. The molecule has 0 saturated carbocycles. The van der Waals surface area contributed by atoms with Crippen molar-refractivity contribution in [2.75, 3.05) is 0 Å². The normalized spacial score (nSPS) is 11.6. The third-order valence-corrected chi connectivity index (χ3v) is 5.53. The number of benzene rings is 3. The van der Waals surface area contributed by atoms with Crippen LogP contribution in [0.1, 0.15) is 17.3 Å². The van der Waals surface area contributed by atoms with Gasteiger partial charge in [-0.1, -0.05) is 29.5 Å². The van der Waals surface area contributed by atoms with Crippen LogP contribution >= 0.6 is 11.3 Å². The molecule has 0 N–H and O–H groups in total. The first-order valence-electron chi connectivity index (χ1n) is 9.25. The predicted octanol–water partition coefficient (Wildman–Crippen LogP) is 5.16. The number of thiazole rings is 1. The predicted molar refractivity (Wildman–Crippen MR) is 115 cm³/mol. The average molecular weight is 419 g/mol. The van der Waals surface area contributed by atoms with Gasteiger partial charge in [-0.3, -0.25) is 14.9 Å². The summed E-state index contributed by atoms with van der Waals surface area (Å²) < 4.78 is 8.38. The van der Waals surface area contributed by atoms with E-state index in [1.807, 2.05) is 37.3 Å². The van der Waals surface area contributed by atoms with Crippen molar-refractivity contribution >= 4 is 33.1 Å². The summed E-state index contributed by atoms with van der Waals surface area (Å²) in [6.45, 7) is 2.45. The molecule has 0 aliphatic carbocycles. The molecule has 0 bridgehead atoms. The largest absolute Gasteiger partial charge is 0.457 e. The molecule has 3 aromatic carbocycles. The number of nitrogens with zero attached hydrogens (tertiary/aromatic N) is 3. The number of aryl methyl sites for hydroxylation is 1. The summed E-state index contributed by atoms with van der Waals surface area (Å²) in [5, 5.41) is 11.1. The van der Waals surface area contributed by atoms with Gasteiger partial charge in [0.05, 0.1) is 15.1 Å². The van der Waals surface area contributed by atoms with Gasteiger partial charge in [-0.15, -0.1) is 0 Å². The molecule has 0 aliphatic rings. The van der Waals surface area contributed by atoms with E-state index in [9.17, 15) is 14.9 Å². The van der Waals surface area contributed by atoms with Crippen LogP contribution in [0.15, 0.2) is 77.8 Å². The lowest BCUT2D eigenvalue weighted by molar-refractivity contribution is -0.384. The van der Waals surface area contributed by atoms with Gasteiger partial charge < -0.3 is 9.30 Å². The van der Waals surface area contributed by atoms with Crippen molar-refractivity contribution in [3.8, 4) is 11.5 Å². The van der Waals surface area contributed by atoms with E-state index in [1.165, 1.54) is 23.5 Å². The fourth-order valence-corrected chi connectivity index (χ4v) is 4.08. The molecular formula is C22H17N3O4S. The first-order chi connectivity index (χ1) is 14.5. The first-order valence-corrected chi connectivity index (χ1v) is 10.1. The van der Waals surface area contributed by atoms with Crippen LogP contribution in [0, 0.1) is 10.1 Å². The van der Waals surface area contributed by atoms with Gasteiger partial charge >= 0.3 is 0 Å². The summed E-state index contributed by atoms with van der Waals surface area (Å²) in [6, 6.07) is 20.8. The zero-order chi connectivity index (χ0) is 21.1. The lowest BCUT2D eigenvalue weighted by Gasteiger charge is -2.05. The summed E-state index contributed by atoms with van der Waals surface area (Å²) >= 11 is 1.32. The Labute approximate surface area is 175 Å². The molecule has 8 heteroatoms. The van der Waals surface area contributed by atoms with E-state index in [1.54, 1.807) is 34.9 Å². The average Bonchev–Trinajstić information content (AvgIpc) is 3.11. The monoisotopic (exact) mass is 419 g/mol. The molecule has 30 heavy (non-hydrogen) atoms. The third-order valence-electron chi connectivity index (χ3n) is 4.47. The van der Waals surface area contributed by atoms with Crippen molar-refractivity contribution in [3.63, 3.8) is 0 Å². The molecule has 4 aromatic rings. The Balaban J connectivity index is 1.63. The van der Waals surface area contributed by atoms with Gasteiger partial charge in [0.25, 0.3) is 11.6 Å². The molecule has 150 valence electrons. The Hall–Kier alpha value is -3.78. The third kappa shape index (κ3) is 3.99. The number of hydrogen-bond acceptors (Lipinski definition) is 5. The van der Waals surface area contributed by atoms with E-state index >= 15 is 0 Å². The minimum atomic E-state index is -0.432. The summed E-state index contributed by atoms with van der Waals surface area (Å²) in [5.74, 6) is 0.949. The number of ether oxygens (including phenoxy) is 1. The van der Waals surface area contributed by atoms with Gasteiger partial charge in [0.1, 0.15) is 11.5 Å². The van der Waals surface area contributed by atoms with Crippen LogP contribution in [-0.4, -0.2) is 15.4 Å². The van der Waals surface area contributed by atoms with Crippen molar-refractivity contribution in [1.82, 2.24) is 4.57 Å². The van der Waals surface area contributed by atoms with Crippen molar-refractivity contribution < 1.29 is 14.5 Å². The van der Waals surface area contributed by atoms with E-state index < -0.39 is 4.92 Å². The summed E-state index contributed by atoms with van der Waals surface area (Å²) in [5.41, 5.74) is 1.13. The maximum Gasteiger partial charge on any atom is 0.279 e. The number of carbonyl (C=O) groups is 1. The number of non-ortho nitro benzene ring substituents is 1. The number of nitro groups is 1. The molecule has 1 aromatic heterocycles. The summed E-state index contributed by atoms with van der Waals surface area (Å²) in [7, 11) is 0. The van der Waals surface area contributed by atoms with Crippen LogP contribution in [0.5, 0.6) is 11.5 Å². The van der Waals surface area contributed by atoms with E-state index in [-0.39, 0.29) is 11.6 Å². The maximum atomic E-state index is 12.7. The Kier molecular flexibility index (Phi) is 5.40. The van der Waals surface area contributed by atoms with Crippen molar-refractivity contribution in [3.05, 3.63) is 93.3 Å².